The van der Waals surface area contributed by atoms with Gasteiger partial charge >= 0.3 is 6.18 Å². The number of thioether (sulfide) groups is 1. The largest absolute Gasteiger partial charge is 0.433 e. The second kappa shape index (κ2) is 9.26. The van der Waals surface area contributed by atoms with Crippen LogP contribution in [0.3, 0.4) is 0 Å². The SMILES string of the molecule is Cc1cc(S[C@H]2OC3COC(c4ccccc4)O[C@@H]3[C@H](N=[N+]=[N-])C2O)cnc1C(F)(F)F. The maximum absolute atomic E-state index is 13.0. The molecule has 0 saturated carbocycles. The number of benzene rings is 1. The van der Waals surface area contributed by atoms with Gasteiger partial charge in [0, 0.05) is 21.6 Å². The topological polar surface area (TPSA) is 110 Å². The lowest BCUT2D eigenvalue weighted by atomic mass is 9.97. The predicted octanol–water partition coefficient (Wildman–Crippen LogP) is 4.38. The Hall–Kier alpha value is -2.34. The highest BCUT2D eigenvalue weighted by Gasteiger charge is 2.49. The minimum absolute atomic E-state index is 0.0488. The number of fused-ring (bicyclic) bond motifs is 1. The maximum atomic E-state index is 13.0. The zero-order chi connectivity index (χ0) is 22.9. The van der Waals surface area contributed by atoms with Gasteiger partial charge in [-0.05, 0) is 24.1 Å². The van der Waals surface area contributed by atoms with Gasteiger partial charge in [0.1, 0.15) is 29.4 Å². The van der Waals surface area contributed by atoms with Gasteiger partial charge in [-0.25, -0.2) is 0 Å². The summed E-state index contributed by atoms with van der Waals surface area (Å²) >= 11 is 0.992. The fourth-order valence-electron chi connectivity index (χ4n) is 3.69. The van der Waals surface area contributed by atoms with Crippen LogP contribution in [0.5, 0.6) is 0 Å². The fourth-order valence-corrected chi connectivity index (χ4v) is 4.82. The third-order valence-electron chi connectivity index (χ3n) is 5.16. The molecule has 2 saturated heterocycles. The molecule has 0 aliphatic carbocycles. The van der Waals surface area contributed by atoms with E-state index in [1.165, 1.54) is 13.0 Å². The summed E-state index contributed by atoms with van der Waals surface area (Å²) in [6.45, 7) is 1.43. The number of alkyl halides is 3. The van der Waals surface area contributed by atoms with Crippen LogP contribution in [0, 0.1) is 6.92 Å². The molecule has 2 aliphatic heterocycles. The first kappa shape index (κ1) is 22.8. The van der Waals surface area contributed by atoms with E-state index in [-0.39, 0.29) is 12.2 Å². The molecule has 4 rings (SSSR count). The number of rotatable bonds is 4. The third-order valence-corrected chi connectivity index (χ3v) is 6.28. The number of aromatic nitrogens is 1. The number of hydrogen-bond donors (Lipinski definition) is 1. The Bertz CT molecular complexity index is 1010. The van der Waals surface area contributed by atoms with Gasteiger partial charge in [-0.3, -0.25) is 4.98 Å². The number of nitrogens with zero attached hydrogens (tertiary/aromatic N) is 4. The highest BCUT2D eigenvalue weighted by atomic mass is 32.2. The van der Waals surface area contributed by atoms with Crippen LogP contribution in [0.2, 0.25) is 0 Å². The van der Waals surface area contributed by atoms with Gasteiger partial charge in [0.25, 0.3) is 0 Å². The number of aliphatic hydroxyl groups excluding tert-OH is 1. The first-order chi connectivity index (χ1) is 15.3. The molecule has 12 heteroatoms. The van der Waals surface area contributed by atoms with Gasteiger partial charge < -0.3 is 19.3 Å². The van der Waals surface area contributed by atoms with Crippen LogP contribution in [0.1, 0.15) is 23.1 Å². The summed E-state index contributed by atoms with van der Waals surface area (Å²) < 4.78 is 56.6. The molecule has 1 aromatic heterocycles. The summed E-state index contributed by atoms with van der Waals surface area (Å²) in [7, 11) is 0. The van der Waals surface area contributed by atoms with Gasteiger partial charge in [0.2, 0.25) is 0 Å². The van der Waals surface area contributed by atoms with Crippen molar-refractivity contribution in [3.63, 3.8) is 0 Å². The van der Waals surface area contributed by atoms with Crippen molar-refractivity contribution >= 4 is 11.8 Å². The molecule has 170 valence electrons. The van der Waals surface area contributed by atoms with Crippen molar-refractivity contribution in [2.24, 2.45) is 5.11 Å². The lowest BCUT2D eigenvalue weighted by molar-refractivity contribution is -0.297. The molecule has 2 fully saturated rings. The second-order valence-electron chi connectivity index (χ2n) is 7.36. The van der Waals surface area contributed by atoms with Crippen molar-refractivity contribution in [3.8, 4) is 0 Å². The van der Waals surface area contributed by atoms with Gasteiger partial charge in [-0.1, -0.05) is 47.2 Å². The lowest BCUT2D eigenvalue weighted by Crippen LogP contribution is -2.60. The molecule has 0 spiro atoms. The summed E-state index contributed by atoms with van der Waals surface area (Å²) in [6.07, 6.45) is -6.87. The van der Waals surface area contributed by atoms with Crippen molar-refractivity contribution in [3.05, 3.63) is 69.9 Å². The highest BCUT2D eigenvalue weighted by Crippen LogP contribution is 2.40. The number of ether oxygens (including phenoxy) is 3. The van der Waals surface area contributed by atoms with Gasteiger partial charge in [0.05, 0.1) is 12.6 Å². The van der Waals surface area contributed by atoms with Crippen LogP contribution in [0.25, 0.3) is 10.4 Å². The Balaban J connectivity index is 1.53. The quantitative estimate of drug-likeness (QED) is 0.405. The van der Waals surface area contributed by atoms with E-state index < -0.39 is 47.9 Å². The number of hydrogen-bond acceptors (Lipinski definition) is 7. The smallest absolute Gasteiger partial charge is 0.389 e. The van der Waals surface area contributed by atoms with E-state index in [9.17, 15) is 18.3 Å². The van der Waals surface area contributed by atoms with Crippen LogP contribution in [0.4, 0.5) is 13.2 Å². The monoisotopic (exact) mass is 468 g/mol. The van der Waals surface area contributed by atoms with Gasteiger partial charge in [-0.2, -0.15) is 13.2 Å². The molecule has 1 N–H and O–H groups in total. The van der Waals surface area contributed by atoms with Crippen molar-refractivity contribution in [2.75, 3.05) is 6.61 Å². The minimum Gasteiger partial charge on any atom is -0.389 e. The molecule has 0 bridgehead atoms. The van der Waals surface area contributed by atoms with Crippen LogP contribution in [-0.2, 0) is 20.4 Å². The number of azide groups is 1. The summed E-state index contributed by atoms with van der Waals surface area (Å²) in [4.78, 5) is 6.71. The number of pyridine rings is 1. The van der Waals surface area contributed by atoms with Crippen LogP contribution >= 0.6 is 11.8 Å². The highest BCUT2D eigenvalue weighted by molar-refractivity contribution is 7.99. The molecule has 3 unspecified atom stereocenters. The molecular weight excluding hydrogens is 449 g/mol. The average molecular weight is 468 g/mol. The van der Waals surface area contributed by atoms with Crippen molar-refractivity contribution in [1.29, 1.82) is 0 Å². The van der Waals surface area contributed by atoms with Crippen LogP contribution in [-0.4, -0.2) is 46.5 Å². The summed E-state index contributed by atoms with van der Waals surface area (Å²) in [5.74, 6) is 0. The number of aliphatic hydroxyl groups is 1. The Morgan fingerprint density at radius 3 is 2.66 bits per heavy atom. The molecule has 6 atom stereocenters. The number of halogens is 3. The minimum atomic E-state index is -4.56. The number of aryl methyl sites for hydroxylation is 1. The molecule has 2 aromatic rings. The molecule has 0 radical (unpaired) electrons. The second-order valence-corrected chi connectivity index (χ2v) is 8.53. The lowest BCUT2D eigenvalue weighted by Gasteiger charge is -2.46. The van der Waals surface area contributed by atoms with E-state index >= 15 is 0 Å². The van der Waals surface area contributed by atoms with E-state index in [1.54, 1.807) is 0 Å². The van der Waals surface area contributed by atoms with E-state index in [1.807, 2.05) is 30.3 Å². The zero-order valence-corrected chi connectivity index (χ0v) is 17.5. The first-order valence-corrected chi connectivity index (χ1v) is 10.6. The van der Waals surface area contributed by atoms with E-state index in [4.69, 9.17) is 19.7 Å². The van der Waals surface area contributed by atoms with Gasteiger partial charge in [0.15, 0.2) is 6.29 Å². The Kier molecular flexibility index (Phi) is 6.61. The summed E-state index contributed by atoms with van der Waals surface area (Å²) in [5.41, 5.74) is 7.84. The molecule has 32 heavy (non-hydrogen) atoms. The van der Waals surface area contributed by atoms with Crippen molar-refractivity contribution in [1.82, 2.24) is 4.98 Å². The first-order valence-electron chi connectivity index (χ1n) is 9.68. The third kappa shape index (κ3) is 4.70. The van der Waals surface area contributed by atoms with E-state index in [0.29, 0.717) is 4.90 Å². The predicted molar refractivity (Wildman–Crippen MR) is 107 cm³/mol. The fraction of sp³-hybridized carbons (Fsp3) is 0.450. The Labute approximate surface area is 185 Å². The average Bonchev–Trinajstić information content (AvgIpc) is 2.76. The van der Waals surface area contributed by atoms with E-state index in [0.717, 1.165) is 23.5 Å². The molecular formula is C20H19F3N4O4S. The zero-order valence-electron chi connectivity index (χ0n) is 16.7. The molecule has 3 heterocycles. The molecule has 0 amide bonds. The van der Waals surface area contributed by atoms with Crippen LogP contribution < -0.4 is 0 Å². The van der Waals surface area contributed by atoms with Gasteiger partial charge in [-0.15, -0.1) is 0 Å². The Morgan fingerprint density at radius 1 is 1.25 bits per heavy atom. The summed E-state index contributed by atoms with van der Waals surface area (Å²) in [5, 5.41) is 14.6. The maximum Gasteiger partial charge on any atom is 0.433 e. The molecule has 2 aliphatic rings. The molecule has 1 aromatic carbocycles. The van der Waals surface area contributed by atoms with Crippen LogP contribution in [0.15, 0.2) is 52.6 Å². The van der Waals surface area contributed by atoms with E-state index in [2.05, 4.69) is 15.0 Å². The van der Waals surface area contributed by atoms with Crippen molar-refractivity contribution < 1.29 is 32.5 Å². The normalized spacial score (nSPS) is 30.3. The standard InChI is InChI=1S/C20H19F3N4O4S/c1-10-7-12(8-25-17(10)20(21,22)23)32-19-15(28)14(26-27-24)16-13(30-19)9-29-18(31-16)11-5-3-2-4-6-11/h2-8,13-16,18-19,28H,9H2,1H3/t13?,14-,15?,16+,18?,19-/m1/s1. The Morgan fingerprint density at radius 2 is 2.00 bits per heavy atom. The summed E-state index contributed by atoms with van der Waals surface area (Å²) in [6, 6.07) is 9.51. The molecule has 8 nitrogen and oxygen atoms in total. The van der Waals surface area contributed by atoms with Crippen molar-refractivity contribution in [2.45, 2.75) is 54.1 Å².